The molecule has 1 heterocycles. The molecule has 2 N–H and O–H groups in total. The predicted molar refractivity (Wildman–Crippen MR) is 99.6 cm³/mol. The SMILES string of the molecule is CCC(C)(C)NC(=O)CCS(=O)(=O)c1ccc2c(c1)NC(=O)C(C)S2. The molecule has 138 valence electrons. The van der Waals surface area contributed by atoms with Gasteiger partial charge in [0.15, 0.2) is 9.84 Å². The molecule has 1 aliphatic heterocycles. The van der Waals surface area contributed by atoms with E-state index in [1.807, 2.05) is 20.8 Å². The summed E-state index contributed by atoms with van der Waals surface area (Å²) in [5.74, 6) is -0.700. The van der Waals surface area contributed by atoms with Gasteiger partial charge in [-0.3, -0.25) is 9.59 Å². The van der Waals surface area contributed by atoms with Crippen molar-refractivity contribution in [2.45, 2.75) is 61.1 Å². The van der Waals surface area contributed by atoms with Crippen LogP contribution < -0.4 is 10.6 Å². The number of thioether (sulfide) groups is 1. The monoisotopic (exact) mass is 384 g/mol. The van der Waals surface area contributed by atoms with Gasteiger partial charge < -0.3 is 10.6 Å². The van der Waals surface area contributed by atoms with E-state index < -0.39 is 9.84 Å². The van der Waals surface area contributed by atoms with Crippen LogP contribution in [0.4, 0.5) is 5.69 Å². The Morgan fingerprint density at radius 1 is 1.36 bits per heavy atom. The lowest BCUT2D eigenvalue weighted by atomic mass is 10.0. The first-order chi connectivity index (χ1) is 11.5. The van der Waals surface area contributed by atoms with Crippen LogP contribution in [-0.4, -0.2) is 36.8 Å². The molecule has 25 heavy (non-hydrogen) atoms. The third kappa shape index (κ3) is 4.98. The molecule has 0 saturated carbocycles. The van der Waals surface area contributed by atoms with Crippen LogP contribution >= 0.6 is 11.8 Å². The zero-order chi connectivity index (χ0) is 18.8. The maximum atomic E-state index is 12.5. The van der Waals surface area contributed by atoms with Crippen LogP contribution in [0.25, 0.3) is 0 Å². The number of fused-ring (bicyclic) bond motifs is 1. The molecule has 0 aliphatic carbocycles. The van der Waals surface area contributed by atoms with Gasteiger partial charge in [-0.1, -0.05) is 6.92 Å². The van der Waals surface area contributed by atoms with E-state index in [1.165, 1.54) is 23.9 Å². The average molecular weight is 385 g/mol. The molecule has 6 nitrogen and oxygen atoms in total. The van der Waals surface area contributed by atoms with Crippen LogP contribution in [0, 0.1) is 0 Å². The Hall–Kier alpha value is -1.54. The minimum absolute atomic E-state index is 0.0962. The van der Waals surface area contributed by atoms with E-state index in [0.717, 1.165) is 11.3 Å². The van der Waals surface area contributed by atoms with E-state index in [9.17, 15) is 18.0 Å². The van der Waals surface area contributed by atoms with Crippen LogP contribution in [0.1, 0.15) is 40.5 Å². The predicted octanol–water partition coefficient (Wildman–Crippen LogP) is 2.59. The number of hydrogen-bond donors (Lipinski definition) is 2. The van der Waals surface area contributed by atoms with Crippen molar-refractivity contribution in [1.29, 1.82) is 0 Å². The van der Waals surface area contributed by atoms with E-state index in [-0.39, 0.29) is 39.7 Å². The summed E-state index contributed by atoms with van der Waals surface area (Å²) < 4.78 is 25.0. The Kier molecular flexibility index (Phi) is 5.83. The number of anilines is 1. The van der Waals surface area contributed by atoms with Crippen molar-refractivity contribution >= 4 is 39.1 Å². The minimum atomic E-state index is -3.60. The fourth-order valence-corrected chi connectivity index (χ4v) is 4.45. The molecule has 2 amide bonds. The number of sulfone groups is 1. The first-order valence-electron chi connectivity index (χ1n) is 8.19. The molecule has 2 rings (SSSR count). The highest BCUT2D eigenvalue weighted by atomic mass is 32.2. The number of hydrogen-bond acceptors (Lipinski definition) is 5. The highest BCUT2D eigenvalue weighted by molar-refractivity contribution is 8.01. The Morgan fingerprint density at radius 2 is 2.04 bits per heavy atom. The van der Waals surface area contributed by atoms with Crippen LogP contribution in [-0.2, 0) is 19.4 Å². The van der Waals surface area contributed by atoms with Gasteiger partial charge in [0.1, 0.15) is 0 Å². The van der Waals surface area contributed by atoms with Gasteiger partial charge in [-0.05, 0) is 45.4 Å². The molecule has 1 unspecified atom stereocenters. The van der Waals surface area contributed by atoms with Gasteiger partial charge >= 0.3 is 0 Å². The number of carbonyl (C=O) groups excluding carboxylic acids is 2. The van der Waals surface area contributed by atoms with E-state index in [4.69, 9.17) is 0 Å². The summed E-state index contributed by atoms with van der Waals surface area (Å²) in [4.78, 5) is 24.7. The topological polar surface area (TPSA) is 92.3 Å². The molecular weight excluding hydrogens is 360 g/mol. The molecule has 0 aromatic heterocycles. The third-order valence-electron chi connectivity index (χ3n) is 4.20. The van der Waals surface area contributed by atoms with Crippen molar-refractivity contribution < 1.29 is 18.0 Å². The summed E-state index contributed by atoms with van der Waals surface area (Å²) in [6.45, 7) is 7.54. The number of amides is 2. The minimum Gasteiger partial charge on any atom is -0.351 e. The maximum Gasteiger partial charge on any atom is 0.237 e. The Labute approximate surface area is 153 Å². The quantitative estimate of drug-likeness (QED) is 0.786. The molecule has 8 heteroatoms. The van der Waals surface area contributed by atoms with Crippen molar-refractivity contribution in [2.75, 3.05) is 11.1 Å². The molecule has 0 saturated heterocycles. The van der Waals surface area contributed by atoms with Gasteiger partial charge in [0.05, 0.1) is 21.6 Å². The fourth-order valence-electron chi connectivity index (χ4n) is 2.25. The zero-order valence-electron chi connectivity index (χ0n) is 14.9. The Bertz CT molecular complexity index is 788. The number of rotatable bonds is 6. The van der Waals surface area contributed by atoms with Crippen LogP contribution in [0.3, 0.4) is 0 Å². The first kappa shape index (κ1) is 19.8. The lowest BCUT2D eigenvalue weighted by Gasteiger charge is -2.24. The molecule has 1 aliphatic rings. The fraction of sp³-hybridized carbons (Fsp3) is 0.529. The summed E-state index contributed by atoms with van der Waals surface area (Å²) in [7, 11) is -3.60. The zero-order valence-corrected chi connectivity index (χ0v) is 16.5. The van der Waals surface area contributed by atoms with Crippen molar-refractivity contribution in [3.63, 3.8) is 0 Å². The summed E-state index contributed by atoms with van der Waals surface area (Å²) in [6, 6.07) is 4.69. The molecule has 0 radical (unpaired) electrons. The van der Waals surface area contributed by atoms with E-state index in [1.54, 1.807) is 13.0 Å². The Morgan fingerprint density at radius 3 is 2.68 bits per heavy atom. The molecule has 1 atom stereocenters. The van der Waals surface area contributed by atoms with Gasteiger partial charge in [0.2, 0.25) is 11.8 Å². The van der Waals surface area contributed by atoms with Crippen molar-refractivity contribution in [2.24, 2.45) is 0 Å². The van der Waals surface area contributed by atoms with Gasteiger partial charge in [-0.15, -0.1) is 11.8 Å². The second kappa shape index (κ2) is 7.37. The molecule has 1 aromatic rings. The number of nitrogens with one attached hydrogen (secondary N) is 2. The van der Waals surface area contributed by atoms with Gasteiger partial charge in [-0.25, -0.2) is 8.42 Å². The molecule has 0 fully saturated rings. The number of benzene rings is 1. The standard InChI is InChI=1S/C17H24N2O4S2/c1-5-17(3,4)19-15(20)8-9-25(22,23)12-6-7-14-13(10-12)18-16(21)11(2)24-14/h6-7,10-11H,5,8-9H2,1-4H3,(H,18,21)(H,19,20). The van der Waals surface area contributed by atoms with E-state index in [2.05, 4.69) is 10.6 Å². The van der Waals surface area contributed by atoms with Crippen molar-refractivity contribution in [1.82, 2.24) is 5.32 Å². The molecule has 0 bridgehead atoms. The van der Waals surface area contributed by atoms with Crippen molar-refractivity contribution in [3.05, 3.63) is 18.2 Å². The third-order valence-corrected chi connectivity index (χ3v) is 7.09. The molecule has 1 aromatic carbocycles. The largest absolute Gasteiger partial charge is 0.351 e. The second-order valence-corrected chi connectivity index (χ2v) is 10.3. The van der Waals surface area contributed by atoms with Gasteiger partial charge in [-0.2, -0.15) is 0 Å². The van der Waals surface area contributed by atoms with E-state index >= 15 is 0 Å². The summed E-state index contributed by atoms with van der Waals surface area (Å²) in [5.41, 5.74) is 0.149. The molecule has 0 spiro atoms. The lowest BCUT2D eigenvalue weighted by molar-refractivity contribution is -0.122. The van der Waals surface area contributed by atoms with Crippen LogP contribution in [0.2, 0.25) is 0 Å². The average Bonchev–Trinajstić information content (AvgIpc) is 2.53. The Balaban J connectivity index is 2.09. The first-order valence-corrected chi connectivity index (χ1v) is 10.7. The van der Waals surface area contributed by atoms with Crippen molar-refractivity contribution in [3.8, 4) is 0 Å². The van der Waals surface area contributed by atoms with Crippen LogP contribution in [0.15, 0.2) is 28.0 Å². The number of carbonyl (C=O) groups is 2. The van der Waals surface area contributed by atoms with Gasteiger partial charge in [0, 0.05) is 16.9 Å². The lowest BCUT2D eigenvalue weighted by Crippen LogP contribution is -2.43. The highest BCUT2D eigenvalue weighted by Gasteiger charge is 2.26. The molecular formula is C17H24N2O4S2. The summed E-state index contributed by atoms with van der Waals surface area (Å²) in [5, 5.41) is 5.34. The van der Waals surface area contributed by atoms with Crippen LogP contribution in [0.5, 0.6) is 0 Å². The smallest absolute Gasteiger partial charge is 0.237 e. The second-order valence-electron chi connectivity index (χ2n) is 6.76. The summed E-state index contributed by atoms with van der Waals surface area (Å²) >= 11 is 1.40. The highest BCUT2D eigenvalue weighted by Crippen LogP contribution is 2.36. The van der Waals surface area contributed by atoms with E-state index in [0.29, 0.717) is 5.69 Å². The maximum absolute atomic E-state index is 12.5. The normalized spacial score (nSPS) is 17.6. The van der Waals surface area contributed by atoms with Gasteiger partial charge in [0.25, 0.3) is 0 Å². The summed E-state index contributed by atoms with van der Waals surface area (Å²) in [6.07, 6.45) is 0.660.